The Balaban J connectivity index is 2.26. The summed E-state index contributed by atoms with van der Waals surface area (Å²) in [6, 6.07) is 9.81. The molecule has 21 heavy (non-hydrogen) atoms. The van der Waals surface area contributed by atoms with Crippen LogP contribution in [-0.2, 0) is 11.2 Å². The maximum atomic E-state index is 11.2. The lowest BCUT2D eigenvalue weighted by atomic mass is 9.92. The highest BCUT2D eigenvalue weighted by atomic mass is 35.5. The van der Waals surface area contributed by atoms with E-state index < -0.39 is 5.97 Å². The molecule has 0 saturated heterocycles. The van der Waals surface area contributed by atoms with E-state index in [4.69, 9.17) is 23.2 Å². The minimum absolute atomic E-state index is 0.0606. The van der Waals surface area contributed by atoms with E-state index in [2.05, 4.69) is 19.1 Å². The third-order valence-electron chi connectivity index (χ3n) is 4.05. The number of rotatable bonds is 3. The number of carboxylic acids is 1. The van der Waals surface area contributed by atoms with Crippen molar-refractivity contribution in [3.63, 3.8) is 0 Å². The van der Waals surface area contributed by atoms with Gasteiger partial charge >= 0.3 is 5.97 Å². The lowest BCUT2D eigenvalue weighted by molar-refractivity contribution is -0.137. The lowest BCUT2D eigenvalue weighted by Crippen LogP contribution is -2.05. The zero-order valence-corrected chi connectivity index (χ0v) is 13.0. The van der Waals surface area contributed by atoms with Gasteiger partial charge in [0.1, 0.15) is 0 Å². The van der Waals surface area contributed by atoms with Gasteiger partial charge in [-0.25, -0.2) is 0 Å². The summed E-state index contributed by atoms with van der Waals surface area (Å²) in [4.78, 5) is 11.2. The average molecular weight is 321 g/mol. The first-order valence-electron chi connectivity index (χ1n) is 6.85. The van der Waals surface area contributed by atoms with Crippen molar-refractivity contribution in [2.45, 2.75) is 25.7 Å². The summed E-state index contributed by atoms with van der Waals surface area (Å²) in [5, 5.41) is 10.2. The molecule has 1 unspecified atom stereocenters. The predicted octanol–water partition coefficient (Wildman–Crippen LogP) is 5.14. The monoisotopic (exact) mass is 320 g/mol. The molecule has 1 N–H and O–H groups in total. The standard InChI is InChI=1S/C17H14Cl2O2/c1-2-9-3-4-10-12(7-9)13(8-15(20)21)11-5-6-14(18)17(19)16(10)11/h3-7,13H,2,8H2,1H3,(H,20,21). The second kappa shape index (κ2) is 5.36. The van der Waals surface area contributed by atoms with Crippen molar-refractivity contribution < 1.29 is 9.90 Å². The maximum Gasteiger partial charge on any atom is 0.304 e. The molecule has 0 aliphatic heterocycles. The highest BCUT2D eigenvalue weighted by Crippen LogP contribution is 2.51. The normalized spacial score (nSPS) is 15.7. The van der Waals surface area contributed by atoms with Gasteiger partial charge in [0.2, 0.25) is 0 Å². The van der Waals surface area contributed by atoms with Gasteiger partial charge in [0.25, 0.3) is 0 Å². The highest BCUT2D eigenvalue weighted by molar-refractivity contribution is 6.44. The zero-order valence-electron chi connectivity index (χ0n) is 11.5. The second-order valence-corrected chi connectivity index (χ2v) is 6.04. The molecular formula is C17H14Cl2O2. The first-order chi connectivity index (χ1) is 10.0. The van der Waals surface area contributed by atoms with E-state index in [-0.39, 0.29) is 12.3 Å². The van der Waals surface area contributed by atoms with E-state index in [9.17, 15) is 9.90 Å². The lowest BCUT2D eigenvalue weighted by Gasteiger charge is -2.12. The number of hydrogen-bond acceptors (Lipinski definition) is 1. The molecule has 4 heteroatoms. The van der Waals surface area contributed by atoms with Crippen molar-refractivity contribution in [2.75, 3.05) is 0 Å². The van der Waals surface area contributed by atoms with Crippen molar-refractivity contribution in [1.29, 1.82) is 0 Å². The molecule has 1 aliphatic rings. The minimum Gasteiger partial charge on any atom is -0.481 e. The molecule has 0 fully saturated rings. The Morgan fingerprint density at radius 1 is 1.19 bits per heavy atom. The molecule has 2 nitrogen and oxygen atoms in total. The Bertz CT molecular complexity index is 738. The Hall–Kier alpha value is -1.51. The number of aryl methyl sites for hydroxylation is 1. The van der Waals surface area contributed by atoms with Crippen LogP contribution in [0.5, 0.6) is 0 Å². The van der Waals surface area contributed by atoms with Crippen LogP contribution in [0.15, 0.2) is 30.3 Å². The van der Waals surface area contributed by atoms with Crippen LogP contribution in [0.2, 0.25) is 10.0 Å². The Labute approximate surface area is 133 Å². The van der Waals surface area contributed by atoms with Crippen molar-refractivity contribution in [1.82, 2.24) is 0 Å². The zero-order chi connectivity index (χ0) is 15.1. The summed E-state index contributed by atoms with van der Waals surface area (Å²) in [6.07, 6.45) is 0.975. The summed E-state index contributed by atoms with van der Waals surface area (Å²) < 4.78 is 0. The smallest absolute Gasteiger partial charge is 0.304 e. The van der Waals surface area contributed by atoms with Crippen molar-refractivity contribution >= 4 is 29.2 Å². The number of carboxylic acid groups (broad SMARTS) is 1. The van der Waals surface area contributed by atoms with Gasteiger partial charge in [0.15, 0.2) is 0 Å². The fourth-order valence-electron chi connectivity index (χ4n) is 3.04. The van der Waals surface area contributed by atoms with Gasteiger partial charge in [-0.1, -0.05) is 54.4 Å². The van der Waals surface area contributed by atoms with Gasteiger partial charge in [-0.15, -0.1) is 0 Å². The molecular weight excluding hydrogens is 307 g/mol. The van der Waals surface area contributed by atoms with Gasteiger partial charge in [0, 0.05) is 11.5 Å². The molecule has 0 bridgehead atoms. The Morgan fingerprint density at radius 2 is 1.95 bits per heavy atom. The molecule has 0 radical (unpaired) electrons. The van der Waals surface area contributed by atoms with Crippen LogP contribution in [0, 0.1) is 0 Å². The summed E-state index contributed by atoms with van der Waals surface area (Å²) in [6.45, 7) is 2.08. The van der Waals surface area contributed by atoms with Crippen LogP contribution in [0.3, 0.4) is 0 Å². The van der Waals surface area contributed by atoms with Crippen LogP contribution < -0.4 is 0 Å². The third-order valence-corrected chi connectivity index (χ3v) is 4.85. The summed E-state index contributed by atoms with van der Waals surface area (Å²) in [5.74, 6) is -0.972. The number of halogens is 2. The molecule has 108 valence electrons. The van der Waals surface area contributed by atoms with Crippen molar-refractivity contribution in [2.24, 2.45) is 0 Å². The molecule has 0 saturated carbocycles. The summed E-state index contributed by atoms with van der Waals surface area (Å²) >= 11 is 12.5. The molecule has 1 atom stereocenters. The highest BCUT2D eigenvalue weighted by Gasteiger charge is 2.32. The topological polar surface area (TPSA) is 37.3 Å². The summed E-state index contributed by atoms with van der Waals surface area (Å²) in [5.41, 5.74) is 5.07. The molecule has 0 spiro atoms. The molecule has 2 aromatic rings. The number of hydrogen-bond donors (Lipinski definition) is 1. The fraction of sp³-hybridized carbons (Fsp3) is 0.235. The van der Waals surface area contributed by atoms with E-state index in [0.29, 0.717) is 10.0 Å². The van der Waals surface area contributed by atoms with E-state index >= 15 is 0 Å². The van der Waals surface area contributed by atoms with Crippen molar-refractivity contribution in [3.05, 3.63) is 57.1 Å². The van der Waals surface area contributed by atoms with Crippen LogP contribution in [0.1, 0.15) is 36.0 Å². The third kappa shape index (κ3) is 2.33. The minimum atomic E-state index is -0.813. The molecule has 0 aromatic heterocycles. The Morgan fingerprint density at radius 3 is 2.62 bits per heavy atom. The van der Waals surface area contributed by atoms with E-state index in [1.807, 2.05) is 12.1 Å². The SMILES string of the molecule is CCc1ccc2c(c1)C(CC(=O)O)c1ccc(Cl)c(Cl)c1-2. The van der Waals surface area contributed by atoms with E-state index in [1.54, 1.807) is 6.07 Å². The van der Waals surface area contributed by atoms with Gasteiger partial charge in [-0.3, -0.25) is 4.79 Å². The van der Waals surface area contributed by atoms with E-state index in [0.717, 1.165) is 28.7 Å². The van der Waals surface area contributed by atoms with Crippen LogP contribution >= 0.6 is 23.2 Å². The molecule has 3 rings (SSSR count). The van der Waals surface area contributed by atoms with Gasteiger partial charge in [-0.05, 0) is 34.7 Å². The number of carbonyl (C=O) groups is 1. The van der Waals surface area contributed by atoms with Crippen molar-refractivity contribution in [3.8, 4) is 11.1 Å². The second-order valence-electron chi connectivity index (χ2n) is 5.25. The van der Waals surface area contributed by atoms with Gasteiger partial charge in [0.05, 0.1) is 16.5 Å². The first kappa shape index (κ1) is 14.4. The van der Waals surface area contributed by atoms with Crippen LogP contribution in [-0.4, -0.2) is 11.1 Å². The molecule has 1 aliphatic carbocycles. The fourth-order valence-corrected chi connectivity index (χ4v) is 3.47. The number of fused-ring (bicyclic) bond motifs is 3. The van der Waals surface area contributed by atoms with E-state index in [1.165, 1.54) is 5.56 Å². The Kier molecular flexibility index (Phi) is 3.68. The van der Waals surface area contributed by atoms with Crippen LogP contribution in [0.25, 0.3) is 11.1 Å². The number of aliphatic carboxylic acids is 1. The number of benzene rings is 2. The van der Waals surface area contributed by atoms with Gasteiger partial charge in [-0.2, -0.15) is 0 Å². The quantitative estimate of drug-likeness (QED) is 0.849. The van der Waals surface area contributed by atoms with Gasteiger partial charge < -0.3 is 5.11 Å². The average Bonchev–Trinajstić information content (AvgIpc) is 2.76. The first-order valence-corrected chi connectivity index (χ1v) is 7.61. The summed E-state index contributed by atoms with van der Waals surface area (Å²) in [7, 11) is 0. The largest absolute Gasteiger partial charge is 0.481 e. The maximum absolute atomic E-state index is 11.2. The van der Waals surface area contributed by atoms with Crippen LogP contribution in [0.4, 0.5) is 0 Å². The molecule has 0 amide bonds. The molecule has 2 aromatic carbocycles. The molecule has 0 heterocycles. The predicted molar refractivity (Wildman–Crippen MR) is 85.4 cm³/mol.